The molecule has 26 heavy (non-hydrogen) atoms. The summed E-state index contributed by atoms with van der Waals surface area (Å²) in [5.41, 5.74) is 3.58. The van der Waals surface area contributed by atoms with Crippen LogP contribution in [0.25, 0.3) is 11.4 Å². The van der Waals surface area contributed by atoms with Gasteiger partial charge in [-0.2, -0.15) is 0 Å². The van der Waals surface area contributed by atoms with E-state index in [1.165, 1.54) is 0 Å². The summed E-state index contributed by atoms with van der Waals surface area (Å²) in [7, 11) is 3.25. The molecular formula is C20H20ClN3O2. The highest BCUT2D eigenvalue weighted by atomic mass is 35.5. The lowest BCUT2D eigenvalue weighted by atomic mass is 10.1. The second-order valence-electron chi connectivity index (χ2n) is 5.84. The van der Waals surface area contributed by atoms with Crippen LogP contribution >= 0.6 is 11.6 Å². The number of hydrogen-bond donors (Lipinski definition) is 1. The quantitative estimate of drug-likeness (QED) is 0.662. The zero-order valence-corrected chi connectivity index (χ0v) is 15.7. The van der Waals surface area contributed by atoms with Crippen molar-refractivity contribution in [2.45, 2.75) is 13.5 Å². The van der Waals surface area contributed by atoms with Crippen LogP contribution in [0.3, 0.4) is 0 Å². The van der Waals surface area contributed by atoms with Gasteiger partial charge in [-0.1, -0.05) is 35.4 Å². The van der Waals surface area contributed by atoms with Crippen LogP contribution < -0.4 is 10.1 Å². The van der Waals surface area contributed by atoms with E-state index >= 15 is 0 Å². The molecule has 0 amide bonds. The van der Waals surface area contributed by atoms with Gasteiger partial charge in [-0.05, 0) is 25.1 Å². The highest BCUT2D eigenvalue weighted by Gasteiger charge is 2.10. The summed E-state index contributed by atoms with van der Waals surface area (Å²) in [4.78, 5) is 9.24. The maximum atomic E-state index is 6.30. The average molecular weight is 370 g/mol. The number of aromatic nitrogens is 2. The van der Waals surface area contributed by atoms with E-state index in [1.54, 1.807) is 20.3 Å². The van der Waals surface area contributed by atoms with Crippen molar-refractivity contribution in [3.8, 4) is 17.1 Å². The fraction of sp³-hybridized carbons (Fsp3) is 0.200. The predicted octanol–water partition coefficient (Wildman–Crippen LogP) is 5.00. The Morgan fingerprint density at radius 2 is 1.88 bits per heavy atom. The minimum atomic E-state index is 0.391. The van der Waals surface area contributed by atoms with Gasteiger partial charge in [0.2, 0.25) is 0 Å². The minimum Gasteiger partial charge on any atom is -0.497 e. The normalized spacial score (nSPS) is 10.6. The molecule has 0 aliphatic carbocycles. The van der Waals surface area contributed by atoms with E-state index in [-0.39, 0.29) is 0 Å². The third-order valence-corrected chi connectivity index (χ3v) is 4.11. The monoisotopic (exact) mass is 369 g/mol. The van der Waals surface area contributed by atoms with Gasteiger partial charge >= 0.3 is 0 Å². The van der Waals surface area contributed by atoms with Gasteiger partial charge in [0, 0.05) is 24.8 Å². The zero-order chi connectivity index (χ0) is 18.5. The molecule has 2 aromatic carbocycles. The second-order valence-corrected chi connectivity index (χ2v) is 6.25. The Hall–Kier alpha value is -2.63. The van der Waals surface area contributed by atoms with E-state index in [9.17, 15) is 0 Å². The first-order chi connectivity index (χ1) is 12.6. The Bertz CT molecular complexity index is 915. The number of nitrogens with zero attached hydrogens (tertiary/aromatic N) is 2. The summed E-state index contributed by atoms with van der Waals surface area (Å²) in [6.45, 7) is 2.43. The number of nitrogens with one attached hydrogen (secondary N) is 1. The Labute approximate surface area is 158 Å². The SMILES string of the molecule is COCc1cc(Nc2cc(OC)ccc2Cl)nc(-c2cccc(C)c2)n1. The van der Waals surface area contributed by atoms with Crippen LogP contribution in [0.4, 0.5) is 11.5 Å². The number of rotatable bonds is 6. The second kappa shape index (κ2) is 8.17. The highest BCUT2D eigenvalue weighted by molar-refractivity contribution is 6.33. The fourth-order valence-electron chi connectivity index (χ4n) is 2.56. The first-order valence-electron chi connectivity index (χ1n) is 8.13. The fourth-order valence-corrected chi connectivity index (χ4v) is 2.73. The number of aryl methyl sites for hydroxylation is 1. The van der Waals surface area contributed by atoms with E-state index in [0.29, 0.717) is 34.7 Å². The molecule has 0 aliphatic rings. The highest BCUT2D eigenvalue weighted by Crippen LogP contribution is 2.30. The van der Waals surface area contributed by atoms with Gasteiger partial charge in [-0.15, -0.1) is 0 Å². The first-order valence-corrected chi connectivity index (χ1v) is 8.51. The van der Waals surface area contributed by atoms with Gasteiger partial charge < -0.3 is 14.8 Å². The number of hydrogen-bond acceptors (Lipinski definition) is 5. The van der Waals surface area contributed by atoms with Crippen LogP contribution in [-0.4, -0.2) is 24.2 Å². The van der Waals surface area contributed by atoms with Crippen molar-refractivity contribution in [3.05, 3.63) is 64.8 Å². The van der Waals surface area contributed by atoms with E-state index < -0.39 is 0 Å². The summed E-state index contributed by atoms with van der Waals surface area (Å²) in [5.74, 6) is 1.98. The number of ether oxygens (including phenoxy) is 2. The van der Waals surface area contributed by atoms with Gasteiger partial charge in [0.25, 0.3) is 0 Å². The molecule has 1 heterocycles. The molecule has 0 atom stereocenters. The molecule has 0 saturated carbocycles. The Morgan fingerprint density at radius 1 is 1.04 bits per heavy atom. The van der Waals surface area contributed by atoms with Gasteiger partial charge in [0.05, 0.1) is 30.1 Å². The van der Waals surface area contributed by atoms with Gasteiger partial charge in [-0.3, -0.25) is 0 Å². The lowest BCUT2D eigenvalue weighted by Gasteiger charge is -2.12. The number of benzene rings is 2. The summed E-state index contributed by atoms with van der Waals surface area (Å²) in [6.07, 6.45) is 0. The van der Waals surface area contributed by atoms with Crippen LogP contribution in [0.5, 0.6) is 5.75 Å². The molecular weight excluding hydrogens is 350 g/mol. The minimum absolute atomic E-state index is 0.391. The molecule has 3 aromatic rings. The van der Waals surface area contributed by atoms with Crippen molar-refractivity contribution >= 4 is 23.1 Å². The van der Waals surface area contributed by atoms with Crippen molar-refractivity contribution < 1.29 is 9.47 Å². The molecule has 0 radical (unpaired) electrons. The number of anilines is 2. The van der Waals surface area contributed by atoms with Crippen LogP contribution in [-0.2, 0) is 11.3 Å². The Balaban J connectivity index is 2.01. The van der Waals surface area contributed by atoms with Gasteiger partial charge in [0.15, 0.2) is 5.82 Å². The first kappa shape index (κ1) is 18.2. The topological polar surface area (TPSA) is 56.3 Å². The van der Waals surface area contributed by atoms with Crippen molar-refractivity contribution in [2.75, 3.05) is 19.5 Å². The lowest BCUT2D eigenvalue weighted by Crippen LogP contribution is -2.02. The van der Waals surface area contributed by atoms with E-state index in [0.717, 1.165) is 16.8 Å². The van der Waals surface area contributed by atoms with Crippen LogP contribution in [0.2, 0.25) is 5.02 Å². The average Bonchev–Trinajstić information content (AvgIpc) is 2.64. The number of halogens is 1. The Kier molecular flexibility index (Phi) is 5.71. The molecule has 5 nitrogen and oxygen atoms in total. The largest absolute Gasteiger partial charge is 0.497 e. The van der Waals surface area contributed by atoms with Gasteiger partial charge in [-0.25, -0.2) is 9.97 Å². The summed E-state index contributed by atoms with van der Waals surface area (Å²) in [6, 6.07) is 15.3. The van der Waals surface area contributed by atoms with Crippen LogP contribution in [0.15, 0.2) is 48.5 Å². The van der Waals surface area contributed by atoms with Crippen molar-refractivity contribution in [3.63, 3.8) is 0 Å². The van der Waals surface area contributed by atoms with E-state index in [4.69, 9.17) is 21.1 Å². The summed E-state index contributed by atoms with van der Waals surface area (Å²) < 4.78 is 10.5. The van der Waals surface area contributed by atoms with Crippen molar-refractivity contribution in [1.29, 1.82) is 0 Å². The van der Waals surface area contributed by atoms with Crippen LogP contribution in [0.1, 0.15) is 11.3 Å². The van der Waals surface area contributed by atoms with Crippen molar-refractivity contribution in [2.24, 2.45) is 0 Å². The van der Waals surface area contributed by atoms with Gasteiger partial charge in [0.1, 0.15) is 11.6 Å². The molecule has 3 rings (SSSR count). The van der Waals surface area contributed by atoms with E-state index in [1.807, 2.05) is 49.4 Å². The van der Waals surface area contributed by atoms with Crippen molar-refractivity contribution in [1.82, 2.24) is 9.97 Å². The lowest BCUT2D eigenvalue weighted by molar-refractivity contribution is 0.181. The summed E-state index contributed by atoms with van der Waals surface area (Å²) >= 11 is 6.30. The number of methoxy groups -OCH3 is 2. The Morgan fingerprint density at radius 3 is 2.62 bits per heavy atom. The molecule has 134 valence electrons. The molecule has 0 unspecified atom stereocenters. The standard InChI is InChI=1S/C20H20ClN3O2/c1-13-5-4-6-14(9-13)20-22-15(12-25-2)10-19(24-20)23-18-11-16(26-3)7-8-17(18)21/h4-11H,12H2,1-3H3,(H,22,23,24). The zero-order valence-electron chi connectivity index (χ0n) is 14.9. The molecule has 0 bridgehead atoms. The molecule has 1 N–H and O–H groups in total. The molecule has 0 fully saturated rings. The molecule has 0 saturated heterocycles. The molecule has 0 aliphatic heterocycles. The summed E-state index contributed by atoms with van der Waals surface area (Å²) in [5, 5.41) is 3.83. The molecule has 0 spiro atoms. The predicted molar refractivity (Wildman–Crippen MR) is 104 cm³/mol. The van der Waals surface area contributed by atoms with Crippen LogP contribution in [0, 0.1) is 6.92 Å². The van der Waals surface area contributed by atoms with E-state index in [2.05, 4.69) is 15.3 Å². The smallest absolute Gasteiger partial charge is 0.161 e. The third-order valence-electron chi connectivity index (χ3n) is 3.78. The maximum Gasteiger partial charge on any atom is 0.161 e. The maximum absolute atomic E-state index is 6.30. The third kappa shape index (κ3) is 4.31. The molecule has 6 heteroatoms. The molecule has 1 aromatic heterocycles.